The van der Waals surface area contributed by atoms with Gasteiger partial charge in [-0.2, -0.15) is 0 Å². The van der Waals surface area contributed by atoms with E-state index in [4.69, 9.17) is 9.40 Å². The smallest absolute Gasteiger partial charge is 0.321 e. The third kappa shape index (κ3) is 4.81. The average molecular weight is 473 g/mol. The van der Waals surface area contributed by atoms with E-state index in [0.717, 1.165) is 36.6 Å². The molecule has 0 saturated carbocycles. The number of aromatic nitrogens is 2. The summed E-state index contributed by atoms with van der Waals surface area (Å²) in [5.41, 5.74) is 1.03. The van der Waals surface area contributed by atoms with Crippen molar-refractivity contribution in [2.24, 2.45) is 5.92 Å². The molecular weight excluding hydrogens is 448 g/mol. The lowest BCUT2D eigenvalue weighted by Crippen LogP contribution is -2.40. The Morgan fingerprint density at radius 1 is 1.47 bits per heavy atom. The Labute approximate surface area is 193 Å². The van der Waals surface area contributed by atoms with Crippen molar-refractivity contribution in [1.29, 1.82) is 0 Å². The van der Waals surface area contributed by atoms with Crippen LogP contribution in [-0.2, 0) is 30.7 Å². The van der Waals surface area contributed by atoms with Gasteiger partial charge < -0.3 is 9.73 Å². The van der Waals surface area contributed by atoms with Crippen LogP contribution >= 0.6 is 23.1 Å². The minimum atomic E-state index is -0.612. The van der Waals surface area contributed by atoms with Gasteiger partial charge in [0.2, 0.25) is 5.91 Å². The molecule has 0 spiro atoms. The number of urea groups is 1. The minimum Gasteiger partial charge on any atom is -0.467 e. The number of thioether (sulfide) groups is 1. The highest BCUT2D eigenvalue weighted by atomic mass is 32.2. The molecule has 3 amide bonds. The van der Waals surface area contributed by atoms with Crippen molar-refractivity contribution in [3.8, 4) is 0 Å². The number of aryl methyl sites for hydroxylation is 1. The number of rotatable bonds is 7. The highest BCUT2D eigenvalue weighted by Crippen LogP contribution is 2.36. The molecule has 168 valence electrons. The van der Waals surface area contributed by atoms with Gasteiger partial charge in [0, 0.05) is 11.4 Å². The van der Waals surface area contributed by atoms with Crippen LogP contribution in [-0.4, -0.2) is 27.2 Å². The Hall–Kier alpha value is -2.85. The lowest BCUT2D eigenvalue weighted by Gasteiger charge is -2.17. The van der Waals surface area contributed by atoms with E-state index in [1.165, 1.54) is 11.1 Å². The normalized spacial score (nSPS) is 15.3. The molecule has 1 aliphatic carbocycles. The number of nitrogens with one attached hydrogen (secondary N) is 2. The first-order chi connectivity index (χ1) is 15.5. The van der Waals surface area contributed by atoms with Crippen LogP contribution in [0, 0.1) is 5.92 Å². The first-order valence-corrected chi connectivity index (χ1v) is 12.1. The van der Waals surface area contributed by atoms with Crippen molar-refractivity contribution in [1.82, 2.24) is 20.2 Å². The molecule has 1 unspecified atom stereocenters. The van der Waals surface area contributed by atoms with Crippen molar-refractivity contribution < 1.29 is 14.0 Å². The second kappa shape index (κ2) is 9.74. The largest absolute Gasteiger partial charge is 0.467 e. The van der Waals surface area contributed by atoms with Gasteiger partial charge in [0.1, 0.15) is 10.6 Å². The van der Waals surface area contributed by atoms with Gasteiger partial charge in [-0.15, -0.1) is 17.9 Å². The second-order valence-corrected chi connectivity index (χ2v) is 9.76. The third-order valence-corrected chi connectivity index (χ3v) is 7.41. The van der Waals surface area contributed by atoms with E-state index in [2.05, 4.69) is 24.1 Å². The van der Waals surface area contributed by atoms with Crippen LogP contribution in [0.15, 0.2) is 45.4 Å². The molecule has 2 N–H and O–H groups in total. The monoisotopic (exact) mass is 472 g/mol. The van der Waals surface area contributed by atoms with Gasteiger partial charge in [-0.3, -0.25) is 19.5 Å². The fourth-order valence-corrected chi connectivity index (χ4v) is 5.96. The lowest BCUT2D eigenvalue weighted by atomic mass is 9.89. The van der Waals surface area contributed by atoms with E-state index in [0.29, 0.717) is 33.6 Å². The molecule has 32 heavy (non-hydrogen) atoms. The Kier molecular flexibility index (Phi) is 6.80. The summed E-state index contributed by atoms with van der Waals surface area (Å²) in [6.07, 6.45) is 6.08. The fraction of sp³-hybridized carbons (Fsp3) is 0.364. The second-order valence-electron chi connectivity index (χ2n) is 7.73. The summed E-state index contributed by atoms with van der Waals surface area (Å²) in [4.78, 5) is 44.1. The van der Waals surface area contributed by atoms with Gasteiger partial charge in [0.15, 0.2) is 5.16 Å². The van der Waals surface area contributed by atoms with Crippen LogP contribution in [0.25, 0.3) is 10.2 Å². The number of carbonyl (C=O) groups excluding carboxylic acids is 2. The summed E-state index contributed by atoms with van der Waals surface area (Å²) < 4.78 is 6.68. The summed E-state index contributed by atoms with van der Waals surface area (Å²) in [5, 5.41) is 5.97. The summed E-state index contributed by atoms with van der Waals surface area (Å²) in [6, 6.07) is 2.83. The van der Waals surface area contributed by atoms with Crippen LogP contribution in [0.1, 0.15) is 29.5 Å². The molecule has 0 saturated heterocycles. The quantitative estimate of drug-likeness (QED) is 0.310. The Balaban J connectivity index is 1.47. The number of hydrogen-bond acceptors (Lipinski definition) is 7. The number of hydrogen-bond donors (Lipinski definition) is 2. The zero-order chi connectivity index (χ0) is 22.7. The average Bonchev–Trinajstić information content (AvgIpc) is 3.40. The van der Waals surface area contributed by atoms with Gasteiger partial charge in [0.05, 0.1) is 23.9 Å². The first kappa shape index (κ1) is 22.3. The van der Waals surface area contributed by atoms with E-state index in [1.54, 1.807) is 34.1 Å². The van der Waals surface area contributed by atoms with Gasteiger partial charge >= 0.3 is 6.03 Å². The van der Waals surface area contributed by atoms with Gasteiger partial charge in [-0.25, -0.2) is 9.78 Å². The molecule has 3 aromatic heterocycles. The van der Waals surface area contributed by atoms with Crippen LogP contribution in [0.3, 0.4) is 0 Å². The zero-order valence-electron chi connectivity index (χ0n) is 17.7. The molecule has 1 atom stereocenters. The Morgan fingerprint density at radius 2 is 2.31 bits per heavy atom. The molecule has 0 bridgehead atoms. The van der Waals surface area contributed by atoms with Crippen LogP contribution in [0.4, 0.5) is 4.79 Å². The Bertz CT molecular complexity index is 1210. The van der Waals surface area contributed by atoms with Crippen LogP contribution in [0.5, 0.6) is 0 Å². The SMILES string of the molecule is C=CCn1c(SCC(=O)NC(=O)NCc2ccco2)nc2sc3c(c2c1=O)CCC(C)C3. The van der Waals surface area contributed by atoms with Crippen molar-refractivity contribution in [2.45, 2.75) is 44.4 Å². The van der Waals surface area contributed by atoms with E-state index in [-0.39, 0.29) is 17.9 Å². The van der Waals surface area contributed by atoms with E-state index in [1.807, 2.05) is 0 Å². The molecule has 0 fully saturated rings. The molecule has 0 radical (unpaired) electrons. The molecule has 3 aromatic rings. The summed E-state index contributed by atoms with van der Waals surface area (Å²) >= 11 is 2.70. The van der Waals surface area contributed by atoms with E-state index < -0.39 is 11.9 Å². The molecule has 8 nitrogen and oxygen atoms in total. The number of allylic oxidation sites excluding steroid dienone is 1. The molecule has 1 aliphatic rings. The minimum absolute atomic E-state index is 0.0502. The van der Waals surface area contributed by atoms with Gasteiger partial charge in [-0.1, -0.05) is 24.8 Å². The zero-order valence-corrected chi connectivity index (χ0v) is 19.3. The molecular formula is C22H24N4O4S2. The number of thiophene rings is 1. The molecule has 10 heteroatoms. The van der Waals surface area contributed by atoms with Crippen molar-refractivity contribution in [3.05, 3.63) is 57.6 Å². The van der Waals surface area contributed by atoms with Crippen molar-refractivity contribution >= 4 is 45.3 Å². The Morgan fingerprint density at radius 3 is 3.06 bits per heavy atom. The van der Waals surface area contributed by atoms with Crippen molar-refractivity contribution in [3.63, 3.8) is 0 Å². The summed E-state index contributed by atoms with van der Waals surface area (Å²) in [6.45, 7) is 6.45. The maximum Gasteiger partial charge on any atom is 0.321 e. The number of fused-ring (bicyclic) bond motifs is 3. The van der Waals surface area contributed by atoms with Gasteiger partial charge in [-0.05, 0) is 42.9 Å². The number of furan rings is 1. The van der Waals surface area contributed by atoms with Crippen LogP contribution < -0.4 is 16.2 Å². The predicted octanol–water partition coefficient (Wildman–Crippen LogP) is 3.48. The van der Waals surface area contributed by atoms with Gasteiger partial charge in [0.25, 0.3) is 5.56 Å². The van der Waals surface area contributed by atoms with E-state index >= 15 is 0 Å². The molecule has 3 heterocycles. The molecule has 0 aromatic carbocycles. The van der Waals surface area contributed by atoms with Crippen molar-refractivity contribution in [2.75, 3.05) is 5.75 Å². The lowest BCUT2D eigenvalue weighted by molar-refractivity contribution is -0.117. The summed E-state index contributed by atoms with van der Waals surface area (Å²) in [7, 11) is 0. The van der Waals surface area contributed by atoms with E-state index in [9.17, 15) is 14.4 Å². The highest BCUT2D eigenvalue weighted by molar-refractivity contribution is 7.99. The maximum atomic E-state index is 13.3. The first-order valence-electron chi connectivity index (χ1n) is 10.3. The standard InChI is InChI=1S/C22H24N4O4S2/c1-3-8-26-20(28)18-15-7-6-13(2)10-16(15)32-19(18)25-22(26)31-12-17(27)24-21(29)23-11-14-5-4-9-30-14/h3-5,9,13H,1,6-8,10-12H2,2H3,(H2,23,24,27,29). The molecule has 4 rings (SSSR count). The summed E-state index contributed by atoms with van der Waals surface area (Å²) in [5.74, 6) is 0.653. The third-order valence-electron chi connectivity index (χ3n) is 5.28. The number of imide groups is 1. The number of carbonyl (C=O) groups is 2. The number of nitrogens with zero attached hydrogens (tertiary/aromatic N) is 2. The fourth-order valence-electron chi connectivity index (χ4n) is 3.72. The highest BCUT2D eigenvalue weighted by Gasteiger charge is 2.24. The topological polar surface area (TPSA) is 106 Å². The molecule has 0 aliphatic heterocycles. The van der Waals surface area contributed by atoms with Crippen LogP contribution in [0.2, 0.25) is 0 Å². The predicted molar refractivity (Wildman–Crippen MR) is 125 cm³/mol. The maximum absolute atomic E-state index is 13.3. The number of amides is 3.